The normalized spacial score (nSPS) is 17.4. The number of halogens is 2. The van der Waals surface area contributed by atoms with Crippen molar-refractivity contribution in [3.05, 3.63) is 68.7 Å². The molecule has 0 aromatic heterocycles. The van der Waals surface area contributed by atoms with Gasteiger partial charge in [-0.05, 0) is 61.2 Å². The van der Waals surface area contributed by atoms with E-state index in [1.807, 2.05) is 30.4 Å². The summed E-state index contributed by atoms with van der Waals surface area (Å²) >= 11 is 12.1. The van der Waals surface area contributed by atoms with E-state index in [2.05, 4.69) is 0 Å². The number of carbonyl (C=O) groups excluding carboxylic acids is 1. The van der Waals surface area contributed by atoms with Gasteiger partial charge in [0.2, 0.25) is 0 Å². The highest BCUT2D eigenvalue weighted by molar-refractivity contribution is 6.34. The Labute approximate surface area is 169 Å². The zero-order valence-electron chi connectivity index (χ0n) is 15.2. The first-order valence-electron chi connectivity index (χ1n) is 8.64. The van der Waals surface area contributed by atoms with Crippen LogP contribution in [0.15, 0.2) is 47.5 Å². The van der Waals surface area contributed by atoms with Gasteiger partial charge in [-0.1, -0.05) is 35.3 Å². The molecule has 3 rings (SSSR count). The Hall–Kier alpha value is -2.23. The summed E-state index contributed by atoms with van der Waals surface area (Å²) in [4.78, 5) is 13.0. The van der Waals surface area contributed by atoms with Crippen molar-refractivity contribution < 1.29 is 14.3 Å². The lowest BCUT2D eigenvalue weighted by Gasteiger charge is -2.17. The third kappa shape index (κ3) is 4.55. The Morgan fingerprint density at radius 3 is 2.22 bits per heavy atom. The van der Waals surface area contributed by atoms with Crippen molar-refractivity contribution in [2.75, 3.05) is 14.2 Å². The standard InChI is InChI=1S/C22H20Cl2O3/c1-26-20-8-4-7-17(22(20)27-2)12-16-6-3-5-15(21(16)25)9-14-10-18(23)13-19(24)11-14/h4,7-13H,3,5-6H2,1-2H3/b15-9+,16-12+. The molecule has 0 radical (unpaired) electrons. The van der Waals surface area contributed by atoms with Crippen molar-refractivity contribution >= 4 is 41.1 Å². The maximum atomic E-state index is 13.0. The van der Waals surface area contributed by atoms with Crippen LogP contribution in [0.5, 0.6) is 11.5 Å². The number of ketones is 1. The molecule has 140 valence electrons. The Morgan fingerprint density at radius 2 is 1.59 bits per heavy atom. The van der Waals surface area contributed by atoms with Crippen molar-refractivity contribution in [3.8, 4) is 11.5 Å². The fourth-order valence-electron chi connectivity index (χ4n) is 3.25. The molecule has 0 bridgehead atoms. The highest BCUT2D eigenvalue weighted by Gasteiger charge is 2.21. The number of Topliss-reactive ketones (excluding diaryl/α,β-unsaturated/α-hetero) is 1. The molecule has 3 nitrogen and oxygen atoms in total. The molecule has 1 aliphatic carbocycles. The van der Waals surface area contributed by atoms with Crippen LogP contribution < -0.4 is 9.47 Å². The van der Waals surface area contributed by atoms with Crippen LogP contribution in [0.3, 0.4) is 0 Å². The summed E-state index contributed by atoms with van der Waals surface area (Å²) in [6.45, 7) is 0. The SMILES string of the molecule is COc1cccc(/C=C2\CCC/C(=C\c3cc(Cl)cc(Cl)c3)C2=O)c1OC. The van der Waals surface area contributed by atoms with Crippen LogP contribution in [0.2, 0.25) is 10.0 Å². The molecule has 0 aliphatic heterocycles. The highest BCUT2D eigenvalue weighted by atomic mass is 35.5. The van der Waals surface area contributed by atoms with Crippen molar-refractivity contribution in [2.45, 2.75) is 19.3 Å². The first-order chi connectivity index (χ1) is 13.0. The van der Waals surface area contributed by atoms with Gasteiger partial charge in [0.25, 0.3) is 0 Å². The van der Waals surface area contributed by atoms with Crippen molar-refractivity contribution in [3.63, 3.8) is 0 Å². The van der Waals surface area contributed by atoms with Gasteiger partial charge in [0, 0.05) is 26.8 Å². The van der Waals surface area contributed by atoms with Gasteiger partial charge in [0.1, 0.15) is 0 Å². The van der Waals surface area contributed by atoms with E-state index in [0.717, 1.165) is 41.5 Å². The van der Waals surface area contributed by atoms with E-state index < -0.39 is 0 Å². The summed E-state index contributed by atoms with van der Waals surface area (Å²) in [6, 6.07) is 10.9. The van der Waals surface area contributed by atoms with Gasteiger partial charge in [-0.3, -0.25) is 4.79 Å². The molecule has 1 fully saturated rings. The largest absolute Gasteiger partial charge is 0.493 e. The van der Waals surface area contributed by atoms with Crippen molar-refractivity contribution in [1.82, 2.24) is 0 Å². The van der Waals surface area contributed by atoms with Crippen LogP contribution in [0, 0.1) is 0 Å². The van der Waals surface area contributed by atoms with Gasteiger partial charge >= 0.3 is 0 Å². The maximum Gasteiger partial charge on any atom is 0.185 e. The first-order valence-corrected chi connectivity index (χ1v) is 9.40. The minimum atomic E-state index is 0.0437. The molecule has 0 atom stereocenters. The van der Waals surface area contributed by atoms with Gasteiger partial charge in [0.05, 0.1) is 14.2 Å². The van der Waals surface area contributed by atoms with Crippen LogP contribution >= 0.6 is 23.2 Å². The summed E-state index contributed by atoms with van der Waals surface area (Å²) < 4.78 is 10.8. The van der Waals surface area contributed by atoms with E-state index in [1.165, 1.54) is 0 Å². The quantitative estimate of drug-likeness (QED) is 0.568. The second-order valence-electron chi connectivity index (χ2n) is 6.31. The van der Waals surface area contributed by atoms with E-state index >= 15 is 0 Å². The van der Waals surface area contributed by atoms with E-state index in [0.29, 0.717) is 21.5 Å². The van der Waals surface area contributed by atoms with Gasteiger partial charge < -0.3 is 9.47 Å². The summed E-state index contributed by atoms with van der Waals surface area (Å²) in [5, 5.41) is 1.10. The molecular formula is C22H20Cl2O3. The van der Waals surface area contributed by atoms with Crippen LogP contribution in [-0.2, 0) is 4.79 Å². The molecule has 5 heteroatoms. The maximum absolute atomic E-state index is 13.0. The molecule has 0 saturated heterocycles. The minimum Gasteiger partial charge on any atom is -0.493 e. The zero-order chi connectivity index (χ0) is 19.4. The lowest BCUT2D eigenvalue weighted by Crippen LogP contribution is -2.12. The first kappa shape index (κ1) is 19.5. The summed E-state index contributed by atoms with van der Waals surface area (Å²) in [6.07, 6.45) is 6.13. The summed E-state index contributed by atoms with van der Waals surface area (Å²) in [7, 11) is 3.19. The Kier molecular flexibility index (Phi) is 6.25. The number of para-hydroxylation sites is 1. The monoisotopic (exact) mass is 402 g/mol. The number of hydrogen-bond acceptors (Lipinski definition) is 3. The van der Waals surface area contributed by atoms with E-state index in [4.69, 9.17) is 32.7 Å². The fraction of sp³-hybridized carbons (Fsp3) is 0.227. The molecule has 1 aliphatic rings. The van der Waals surface area contributed by atoms with Crippen LogP contribution in [0.25, 0.3) is 12.2 Å². The fourth-order valence-corrected chi connectivity index (χ4v) is 3.79. The van der Waals surface area contributed by atoms with E-state index in [-0.39, 0.29) is 5.78 Å². The second kappa shape index (κ2) is 8.64. The Morgan fingerprint density at radius 1 is 0.926 bits per heavy atom. The van der Waals surface area contributed by atoms with Crippen molar-refractivity contribution in [1.29, 1.82) is 0 Å². The highest BCUT2D eigenvalue weighted by Crippen LogP contribution is 2.35. The minimum absolute atomic E-state index is 0.0437. The molecule has 0 N–H and O–H groups in total. The third-order valence-electron chi connectivity index (χ3n) is 4.46. The number of carbonyl (C=O) groups is 1. The molecule has 0 spiro atoms. The number of rotatable bonds is 4. The molecule has 2 aromatic rings. The van der Waals surface area contributed by atoms with Gasteiger partial charge in [0.15, 0.2) is 17.3 Å². The zero-order valence-corrected chi connectivity index (χ0v) is 16.7. The van der Waals surface area contributed by atoms with E-state index in [9.17, 15) is 4.79 Å². The number of benzene rings is 2. The average Bonchev–Trinajstić information content (AvgIpc) is 2.64. The lowest BCUT2D eigenvalue weighted by molar-refractivity contribution is -0.112. The molecule has 2 aromatic carbocycles. The van der Waals surface area contributed by atoms with Gasteiger partial charge in [-0.25, -0.2) is 0 Å². The molecule has 0 amide bonds. The molecule has 1 saturated carbocycles. The number of methoxy groups -OCH3 is 2. The summed E-state index contributed by atoms with van der Waals surface area (Å²) in [5.41, 5.74) is 3.17. The molecule has 0 unspecified atom stereocenters. The predicted octanol–water partition coefficient (Wildman–Crippen LogP) is 6.23. The number of allylic oxidation sites excluding steroid dienone is 2. The Balaban J connectivity index is 1.96. The smallest absolute Gasteiger partial charge is 0.185 e. The lowest BCUT2D eigenvalue weighted by atomic mass is 9.86. The Bertz CT molecular complexity index is 909. The topological polar surface area (TPSA) is 35.5 Å². The molecule has 0 heterocycles. The summed E-state index contributed by atoms with van der Waals surface area (Å²) in [5.74, 6) is 1.31. The third-order valence-corrected chi connectivity index (χ3v) is 4.90. The van der Waals surface area contributed by atoms with Gasteiger partial charge in [-0.2, -0.15) is 0 Å². The predicted molar refractivity (Wildman–Crippen MR) is 111 cm³/mol. The molecule has 27 heavy (non-hydrogen) atoms. The van der Waals surface area contributed by atoms with Crippen LogP contribution in [-0.4, -0.2) is 20.0 Å². The van der Waals surface area contributed by atoms with Crippen LogP contribution in [0.4, 0.5) is 0 Å². The van der Waals surface area contributed by atoms with Crippen molar-refractivity contribution in [2.24, 2.45) is 0 Å². The molecular weight excluding hydrogens is 383 g/mol. The second-order valence-corrected chi connectivity index (χ2v) is 7.18. The average molecular weight is 403 g/mol. The van der Waals surface area contributed by atoms with Crippen LogP contribution in [0.1, 0.15) is 30.4 Å². The van der Waals surface area contributed by atoms with E-state index in [1.54, 1.807) is 32.4 Å². The number of hydrogen-bond donors (Lipinski definition) is 0. The number of ether oxygens (including phenoxy) is 2. The van der Waals surface area contributed by atoms with Gasteiger partial charge in [-0.15, -0.1) is 0 Å².